The Morgan fingerprint density at radius 1 is 1.15 bits per heavy atom. The summed E-state index contributed by atoms with van der Waals surface area (Å²) in [4.78, 5) is 71.6. The van der Waals surface area contributed by atoms with E-state index in [9.17, 15) is 24.0 Å². The lowest BCUT2D eigenvalue weighted by Crippen LogP contribution is -2.47. The lowest BCUT2D eigenvalue weighted by atomic mass is 9.91. The minimum absolute atomic E-state index is 0.0560. The molecule has 1 amide bonds. The molecule has 0 saturated carbocycles. The number of hydrogen-bond acceptors (Lipinski definition) is 12. The van der Waals surface area contributed by atoms with E-state index in [-0.39, 0.29) is 23.6 Å². The first-order chi connectivity index (χ1) is 19.0. The Morgan fingerprint density at radius 2 is 1.90 bits per heavy atom. The van der Waals surface area contributed by atoms with E-state index < -0.39 is 66.5 Å². The molecule has 1 fully saturated rings. The quantitative estimate of drug-likeness (QED) is 0.366. The molecular formula is C27H31N3O10. The zero-order valence-electron chi connectivity index (χ0n) is 22.7. The number of amides is 1. The van der Waals surface area contributed by atoms with Gasteiger partial charge >= 0.3 is 23.9 Å². The van der Waals surface area contributed by atoms with E-state index in [2.05, 4.69) is 15.3 Å². The van der Waals surface area contributed by atoms with Crippen LogP contribution in [0.1, 0.15) is 43.7 Å². The van der Waals surface area contributed by atoms with Crippen LogP contribution in [-0.4, -0.2) is 71.7 Å². The molecule has 0 radical (unpaired) electrons. The molecule has 40 heavy (non-hydrogen) atoms. The number of cyclic esters (lactones) is 2. The monoisotopic (exact) mass is 557 g/mol. The molecule has 1 aliphatic heterocycles. The average molecular weight is 558 g/mol. The van der Waals surface area contributed by atoms with Crippen LogP contribution >= 0.6 is 0 Å². The highest BCUT2D eigenvalue weighted by molar-refractivity contribution is 5.98. The van der Waals surface area contributed by atoms with Crippen LogP contribution < -0.4 is 14.8 Å². The van der Waals surface area contributed by atoms with Gasteiger partial charge in [-0.3, -0.25) is 24.2 Å². The molecule has 214 valence electrons. The summed E-state index contributed by atoms with van der Waals surface area (Å²) in [6.07, 6.45) is 2.19. The summed E-state index contributed by atoms with van der Waals surface area (Å²) >= 11 is 0. The number of aromatic nitrogens is 2. The van der Waals surface area contributed by atoms with Crippen LogP contribution in [0.5, 0.6) is 11.5 Å². The number of rotatable bonds is 8. The minimum atomic E-state index is -1.46. The van der Waals surface area contributed by atoms with E-state index in [0.29, 0.717) is 5.56 Å². The Balaban J connectivity index is 1.90. The number of methoxy groups -OCH3 is 1. The number of pyridine rings is 2. The standard InChI is InChI=1S/C27H31N3O10/c1-14(2)25(33)40-22-15(3)38-27(35)19(13-37-26(34)18(22)11-17-7-6-9-28-12-17)30-24(32)21-23(39-16(4)31)20(36-5)8-10-29-21/h6-10,12,14-15,18-19,22H,11,13H2,1-5H3,(H,30,32)/t15-,18+,19?,22-/m0/s1. The second-order valence-corrected chi connectivity index (χ2v) is 9.31. The summed E-state index contributed by atoms with van der Waals surface area (Å²) in [6.45, 7) is 5.29. The highest BCUT2D eigenvalue weighted by atomic mass is 16.6. The van der Waals surface area contributed by atoms with Gasteiger partial charge in [-0.2, -0.15) is 0 Å². The highest BCUT2D eigenvalue weighted by Crippen LogP contribution is 2.30. The first-order valence-corrected chi connectivity index (χ1v) is 12.5. The van der Waals surface area contributed by atoms with Gasteiger partial charge in [0, 0.05) is 31.6 Å². The van der Waals surface area contributed by atoms with Crippen molar-refractivity contribution in [2.24, 2.45) is 11.8 Å². The maximum atomic E-state index is 13.3. The van der Waals surface area contributed by atoms with Gasteiger partial charge in [-0.25, -0.2) is 9.78 Å². The van der Waals surface area contributed by atoms with E-state index in [1.807, 2.05) is 0 Å². The molecule has 0 bridgehead atoms. The van der Waals surface area contributed by atoms with E-state index in [1.165, 1.54) is 26.3 Å². The fourth-order valence-corrected chi connectivity index (χ4v) is 3.88. The summed E-state index contributed by atoms with van der Waals surface area (Å²) in [5.41, 5.74) is 0.319. The number of carbonyl (C=O) groups is 5. The third-order valence-corrected chi connectivity index (χ3v) is 5.90. The maximum Gasteiger partial charge on any atom is 0.332 e. The topological polar surface area (TPSA) is 169 Å². The molecule has 0 aliphatic carbocycles. The first-order valence-electron chi connectivity index (χ1n) is 12.5. The second kappa shape index (κ2) is 13.5. The van der Waals surface area contributed by atoms with Crippen LogP contribution in [0, 0.1) is 11.8 Å². The van der Waals surface area contributed by atoms with Crippen LogP contribution in [-0.2, 0) is 39.8 Å². The van der Waals surface area contributed by atoms with Gasteiger partial charge in [-0.15, -0.1) is 0 Å². The van der Waals surface area contributed by atoms with Crippen molar-refractivity contribution in [3.63, 3.8) is 0 Å². The molecule has 0 spiro atoms. The SMILES string of the molecule is COc1ccnc(C(=O)NC2COC(=O)[C@H](Cc3cccnc3)[C@@H](OC(=O)C(C)C)[C@H](C)OC2=O)c1OC(C)=O. The summed E-state index contributed by atoms with van der Waals surface area (Å²) in [5.74, 6) is -5.72. The Kier molecular flexibility index (Phi) is 10.1. The Labute approximate surface area is 230 Å². The molecule has 3 rings (SSSR count). The van der Waals surface area contributed by atoms with Crippen molar-refractivity contribution in [3.05, 3.63) is 48.0 Å². The molecule has 3 heterocycles. The summed E-state index contributed by atoms with van der Waals surface area (Å²) in [7, 11) is 1.31. The van der Waals surface area contributed by atoms with E-state index in [0.717, 1.165) is 6.92 Å². The lowest BCUT2D eigenvalue weighted by Gasteiger charge is -2.29. The normalized spacial score (nSPS) is 21.1. The highest BCUT2D eigenvalue weighted by Gasteiger charge is 2.42. The van der Waals surface area contributed by atoms with Crippen molar-refractivity contribution in [2.75, 3.05) is 13.7 Å². The summed E-state index contributed by atoms with van der Waals surface area (Å²) in [5, 5.41) is 2.41. The van der Waals surface area contributed by atoms with E-state index >= 15 is 0 Å². The van der Waals surface area contributed by atoms with Gasteiger partial charge in [0.1, 0.15) is 18.6 Å². The number of carbonyl (C=O) groups excluding carboxylic acids is 5. The number of ether oxygens (including phenoxy) is 5. The Morgan fingerprint density at radius 3 is 2.52 bits per heavy atom. The van der Waals surface area contributed by atoms with Gasteiger partial charge in [-0.05, 0) is 25.0 Å². The zero-order chi connectivity index (χ0) is 29.4. The predicted octanol–water partition coefficient (Wildman–Crippen LogP) is 1.42. The van der Waals surface area contributed by atoms with E-state index in [1.54, 1.807) is 38.4 Å². The van der Waals surface area contributed by atoms with Crippen molar-refractivity contribution in [1.82, 2.24) is 15.3 Å². The lowest BCUT2D eigenvalue weighted by molar-refractivity contribution is -0.176. The third-order valence-electron chi connectivity index (χ3n) is 5.90. The first kappa shape index (κ1) is 30.0. The van der Waals surface area contributed by atoms with Gasteiger partial charge in [0.05, 0.1) is 13.0 Å². The van der Waals surface area contributed by atoms with Crippen molar-refractivity contribution in [2.45, 2.75) is 52.4 Å². The molecule has 1 aliphatic rings. The van der Waals surface area contributed by atoms with Crippen molar-refractivity contribution in [3.8, 4) is 11.5 Å². The molecule has 13 nitrogen and oxygen atoms in total. The third kappa shape index (κ3) is 7.52. The van der Waals surface area contributed by atoms with Gasteiger partial charge in [0.15, 0.2) is 23.6 Å². The Hall–Kier alpha value is -4.55. The second-order valence-electron chi connectivity index (χ2n) is 9.31. The van der Waals surface area contributed by atoms with Gasteiger partial charge in [0.25, 0.3) is 5.91 Å². The largest absolute Gasteiger partial charge is 0.493 e. The van der Waals surface area contributed by atoms with Crippen molar-refractivity contribution >= 4 is 29.8 Å². The molecular weight excluding hydrogens is 526 g/mol. The predicted molar refractivity (Wildman–Crippen MR) is 136 cm³/mol. The van der Waals surface area contributed by atoms with Crippen LogP contribution in [0.3, 0.4) is 0 Å². The van der Waals surface area contributed by atoms with Crippen LogP contribution in [0.25, 0.3) is 0 Å². The van der Waals surface area contributed by atoms with Gasteiger partial charge in [-0.1, -0.05) is 19.9 Å². The molecule has 2 aromatic heterocycles. The average Bonchev–Trinajstić information content (AvgIpc) is 2.95. The molecule has 4 atom stereocenters. The fourth-order valence-electron chi connectivity index (χ4n) is 3.88. The molecule has 0 aromatic carbocycles. The smallest absolute Gasteiger partial charge is 0.332 e. The number of nitrogens with zero attached hydrogens (tertiary/aromatic N) is 2. The van der Waals surface area contributed by atoms with Crippen LogP contribution in [0.15, 0.2) is 36.8 Å². The summed E-state index contributed by atoms with van der Waals surface area (Å²) < 4.78 is 26.9. The fraction of sp³-hybridized carbons (Fsp3) is 0.444. The molecule has 2 aromatic rings. The maximum absolute atomic E-state index is 13.3. The molecule has 1 N–H and O–H groups in total. The van der Waals surface area contributed by atoms with Crippen molar-refractivity contribution in [1.29, 1.82) is 0 Å². The minimum Gasteiger partial charge on any atom is -0.493 e. The summed E-state index contributed by atoms with van der Waals surface area (Å²) in [6, 6.07) is 3.36. The van der Waals surface area contributed by atoms with Gasteiger partial charge < -0.3 is 29.0 Å². The van der Waals surface area contributed by atoms with Crippen LogP contribution in [0.2, 0.25) is 0 Å². The molecule has 13 heteroatoms. The number of esters is 4. The van der Waals surface area contributed by atoms with Gasteiger partial charge in [0.2, 0.25) is 5.75 Å². The van der Waals surface area contributed by atoms with Crippen LogP contribution in [0.4, 0.5) is 0 Å². The number of hydrogen-bond donors (Lipinski definition) is 1. The molecule has 1 unspecified atom stereocenters. The Bertz CT molecular complexity index is 1250. The zero-order valence-corrected chi connectivity index (χ0v) is 22.7. The van der Waals surface area contributed by atoms with Crippen molar-refractivity contribution < 1.29 is 47.7 Å². The van der Waals surface area contributed by atoms with E-state index in [4.69, 9.17) is 23.7 Å². The molecule has 1 saturated heterocycles. The number of nitrogens with one attached hydrogen (secondary N) is 1.